The zero-order valence-electron chi connectivity index (χ0n) is 7.25. The Morgan fingerprint density at radius 2 is 2.36 bits per heavy atom. The molecule has 1 rings (SSSR count). The fourth-order valence-electron chi connectivity index (χ4n) is 1.02. The van der Waals surface area contributed by atoms with Gasteiger partial charge in [0, 0.05) is 11.1 Å². The summed E-state index contributed by atoms with van der Waals surface area (Å²) in [6.45, 7) is 0. The van der Waals surface area contributed by atoms with Crippen LogP contribution in [0.2, 0.25) is 0 Å². The second-order valence-corrected chi connectivity index (χ2v) is 2.61. The average molecular weight is 193 g/mol. The van der Waals surface area contributed by atoms with Crippen molar-refractivity contribution in [1.82, 2.24) is 5.43 Å². The van der Waals surface area contributed by atoms with Gasteiger partial charge in [-0.2, -0.15) is 5.26 Å². The summed E-state index contributed by atoms with van der Waals surface area (Å²) in [7, 11) is 0. The molecule has 0 aliphatic heterocycles. The minimum Gasteiger partial charge on any atom is -0.290 e. The zero-order valence-corrected chi connectivity index (χ0v) is 7.25. The van der Waals surface area contributed by atoms with Crippen molar-refractivity contribution in [3.8, 4) is 6.07 Å². The Labute approximate surface area is 80.1 Å². The summed E-state index contributed by atoms with van der Waals surface area (Å²) in [4.78, 5) is 11.0. The molecule has 72 valence electrons. The number of nitrogen functional groups attached to an aromatic ring is 1. The smallest absolute Gasteiger partial charge is 0.265 e. The highest BCUT2D eigenvalue weighted by Gasteiger charge is 2.07. The standard InChI is InChI=1S/C9H8FN3O/c10-8-2-1-7(9(14)13-12)5-6(8)3-4-11/h1-2,5H,3,12H2,(H,13,14). The Balaban J connectivity index is 3.07. The number of halogens is 1. The van der Waals surface area contributed by atoms with Gasteiger partial charge in [0.15, 0.2) is 0 Å². The summed E-state index contributed by atoms with van der Waals surface area (Å²) in [6.07, 6.45) is -0.0719. The van der Waals surface area contributed by atoms with Crippen LogP contribution >= 0.6 is 0 Å². The molecule has 5 heteroatoms. The lowest BCUT2D eigenvalue weighted by Gasteiger charge is -2.02. The molecule has 3 N–H and O–H groups in total. The van der Waals surface area contributed by atoms with E-state index in [9.17, 15) is 9.18 Å². The minimum absolute atomic E-state index is 0.0719. The summed E-state index contributed by atoms with van der Waals surface area (Å²) >= 11 is 0. The molecule has 0 heterocycles. The number of hydrogen-bond donors (Lipinski definition) is 2. The van der Waals surface area contributed by atoms with E-state index in [0.29, 0.717) is 0 Å². The summed E-state index contributed by atoms with van der Waals surface area (Å²) < 4.78 is 13.0. The second kappa shape index (κ2) is 4.35. The van der Waals surface area contributed by atoms with E-state index in [-0.39, 0.29) is 17.5 Å². The van der Waals surface area contributed by atoms with Crippen LogP contribution in [0.1, 0.15) is 15.9 Å². The van der Waals surface area contributed by atoms with Gasteiger partial charge in [0.05, 0.1) is 12.5 Å². The average Bonchev–Trinajstić information content (AvgIpc) is 2.20. The highest BCUT2D eigenvalue weighted by molar-refractivity contribution is 5.93. The van der Waals surface area contributed by atoms with Crippen LogP contribution in [0.3, 0.4) is 0 Å². The first kappa shape index (κ1) is 10.2. The summed E-state index contributed by atoms with van der Waals surface area (Å²) in [5.41, 5.74) is 2.35. The molecule has 14 heavy (non-hydrogen) atoms. The lowest BCUT2D eigenvalue weighted by molar-refractivity contribution is 0.0953. The van der Waals surface area contributed by atoms with Gasteiger partial charge in [0.2, 0.25) is 0 Å². The maximum atomic E-state index is 13.0. The molecular weight excluding hydrogens is 185 g/mol. The Morgan fingerprint density at radius 3 is 2.93 bits per heavy atom. The van der Waals surface area contributed by atoms with E-state index in [0.717, 1.165) is 6.07 Å². The van der Waals surface area contributed by atoms with E-state index in [4.69, 9.17) is 11.1 Å². The maximum absolute atomic E-state index is 13.0. The summed E-state index contributed by atoms with van der Waals surface area (Å²) in [6, 6.07) is 5.55. The molecule has 1 aromatic rings. The molecule has 0 spiro atoms. The van der Waals surface area contributed by atoms with Gasteiger partial charge in [-0.05, 0) is 18.2 Å². The van der Waals surface area contributed by atoms with Gasteiger partial charge < -0.3 is 0 Å². The Kier molecular flexibility index (Phi) is 3.15. The third-order valence-electron chi connectivity index (χ3n) is 1.71. The van der Waals surface area contributed by atoms with Crippen LogP contribution < -0.4 is 11.3 Å². The van der Waals surface area contributed by atoms with E-state index in [1.165, 1.54) is 12.1 Å². The molecule has 0 unspecified atom stereocenters. The van der Waals surface area contributed by atoms with Crippen molar-refractivity contribution < 1.29 is 9.18 Å². The first-order valence-electron chi connectivity index (χ1n) is 3.85. The van der Waals surface area contributed by atoms with Crippen molar-refractivity contribution in [2.45, 2.75) is 6.42 Å². The molecule has 1 amide bonds. The fourth-order valence-corrected chi connectivity index (χ4v) is 1.02. The number of nitrogens with two attached hydrogens (primary N) is 1. The molecule has 1 aromatic carbocycles. The van der Waals surface area contributed by atoms with Crippen LogP contribution in [0.25, 0.3) is 0 Å². The molecule has 0 atom stereocenters. The Morgan fingerprint density at radius 1 is 1.64 bits per heavy atom. The van der Waals surface area contributed by atoms with Crippen LogP contribution in [0, 0.1) is 17.1 Å². The van der Waals surface area contributed by atoms with Gasteiger partial charge in [-0.15, -0.1) is 0 Å². The molecule has 0 saturated heterocycles. The van der Waals surface area contributed by atoms with Crippen LogP contribution in [0.5, 0.6) is 0 Å². The van der Waals surface area contributed by atoms with Crippen LogP contribution in [0.15, 0.2) is 18.2 Å². The number of amides is 1. The highest BCUT2D eigenvalue weighted by atomic mass is 19.1. The lowest BCUT2D eigenvalue weighted by atomic mass is 10.1. The van der Waals surface area contributed by atoms with E-state index in [1.54, 1.807) is 6.07 Å². The largest absolute Gasteiger partial charge is 0.290 e. The van der Waals surface area contributed by atoms with Crippen LogP contribution in [-0.4, -0.2) is 5.91 Å². The Hall–Kier alpha value is -1.93. The lowest BCUT2D eigenvalue weighted by Crippen LogP contribution is -2.30. The van der Waals surface area contributed by atoms with Gasteiger partial charge in [-0.1, -0.05) is 0 Å². The van der Waals surface area contributed by atoms with E-state index >= 15 is 0 Å². The number of hydrazine groups is 1. The Bertz CT molecular complexity index is 398. The molecule has 0 aliphatic rings. The summed E-state index contributed by atoms with van der Waals surface area (Å²) in [5.74, 6) is 3.90. The first-order chi connectivity index (χ1) is 6.69. The SMILES string of the molecule is N#CCc1cc(C(=O)NN)ccc1F. The molecule has 4 nitrogen and oxygen atoms in total. The van der Waals surface area contributed by atoms with Crippen molar-refractivity contribution in [2.75, 3.05) is 0 Å². The van der Waals surface area contributed by atoms with Gasteiger partial charge in [-0.25, -0.2) is 10.2 Å². The maximum Gasteiger partial charge on any atom is 0.265 e. The normalized spacial score (nSPS) is 9.21. The van der Waals surface area contributed by atoms with E-state index in [1.807, 2.05) is 5.43 Å². The minimum atomic E-state index is -0.510. The van der Waals surface area contributed by atoms with Crippen molar-refractivity contribution in [3.05, 3.63) is 35.1 Å². The zero-order chi connectivity index (χ0) is 10.6. The number of nitriles is 1. The van der Waals surface area contributed by atoms with Gasteiger partial charge in [-0.3, -0.25) is 10.2 Å². The van der Waals surface area contributed by atoms with Crippen molar-refractivity contribution in [3.63, 3.8) is 0 Å². The number of nitrogens with zero attached hydrogens (tertiary/aromatic N) is 1. The predicted molar refractivity (Wildman–Crippen MR) is 47.4 cm³/mol. The number of carbonyl (C=O) groups excluding carboxylic acids is 1. The van der Waals surface area contributed by atoms with Crippen LogP contribution in [-0.2, 0) is 6.42 Å². The van der Waals surface area contributed by atoms with Gasteiger partial charge in [0.1, 0.15) is 5.82 Å². The molecular formula is C9H8FN3O. The third kappa shape index (κ3) is 2.06. The third-order valence-corrected chi connectivity index (χ3v) is 1.71. The topological polar surface area (TPSA) is 78.9 Å². The predicted octanol–water partition coefficient (Wildman–Crippen LogP) is 0.495. The molecule has 0 aromatic heterocycles. The monoisotopic (exact) mass is 193 g/mol. The van der Waals surface area contributed by atoms with E-state index < -0.39 is 11.7 Å². The summed E-state index contributed by atoms with van der Waals surface area (Å²) in [5, 5.41) is 8.39. The highest BCUT2D eigenvalue weighted by Crippen LogP contribution is 2.10. The number of nitrogens with one attached hydrogen (secondary N) is 1. The van der Waals surface area contributed by atoms with Gasteiger partial charge in [0.25, 0.3) is 5.91 Å². The molecule has 0 aliphatic carbocycles. The van der Waals surface area contributed by atoms with Crippen molar-refractivity contribution in [2.24, 2.45) is 5.84 Å². The van der Waals surface area contributed by atoms with Gasteiger partial charge >= 0.3 is 0 Å². The number of hydrogen-bond acceptors (Lipinski definition) is 3. The van der Waals surface area contributed by atoms with E-state index in [2.05, 4.69) is 0 Å². The molecule has 0 saturated carbocycles. The molecule has 0 radical (unpaired) electrons. The van der Waals surface area contributed by atoms with Crippen LogP contribution in [0.4, 0.5) is 4.39 Å². The second-order valence-electron chi connectivity index (χ2n) is 2.61. The van der Waals surface area contributed by atoms with Crippen molar-refractivity contribution in [1.29, 1.82) is 5.26 Å². The quantitative estimate of drug-likeness (QED) is 0.407. The number of rotatable bonds is 2. The first-order valence-corrected chi connectivity index (χ1v) is 3.85. The molecule has 0 fully saturated rings. The molecule has 0 bridgehead atoms. The number of benzene rings is 1. The van der Waals surface area contributed by atoms with Crippen molar-refractivity contribution >= 4 is 5.91 Å². The fraction of sp³-hybridized carbons (Fsp3) is 0.111. The number of carbonyl (C=O) groups is 1.